The number of methoxy groups -OCH3 is 1. The SMILES string of the molecule is C#CCN(C)C(CNC1CC1)COC. The minimum atomic E-state index is 0.386. The van der Waals surface area contributed by atoms with Gasteiger partial charge in [-0.1, -0.05) is 5.92 Å². The summed E-state index contributed by atoms with van der Waals surface area (Å²) in [6.45, 7) is 2.38. The number of nitrogens with one attached hydrogen (secondary N) is 1. The van der Waals surface area contributed by atoms with Crippen molar-refractivity contribution in [3.8, 4) is 12.3 Å². The highest BCUT2D eigenvalue weighted by Gasteiger charge is 2.23. The van der Waals surface area contributed by atoms with Crippen LogP contribution in [0.1, 0.15) is 12.8 Å². The van der Waals surface area contributed by atoms with Gasteiger partial charge in [-0.3, -0.25) is 4.90 Å². The van der Waals surface area contributed by atoms with Crippen molar-refractivity contribution in [1.29, 1.82) is 0 Å². The van der Waals surface area contributed by atoms with E-state index in [0.717, 1.165) is 19.2 Å². The highest BCUT2D eigenvalue weighted by molar-refractivity contribution is 4.90. The molecule has 0 radical (unpaired) electrons. The monoisotopic (exact) mass is 196 g/mol. The van der Waals surface area contributed by atoms with E-state index in [9.17, 15) is 0 Å². The van der Waals surface area contributed by atoms with Gasteiger partial charge < -0.3 is 10.1 Å². The standard InChI is InChI=1S/C11H20N2O/c1-4-7-13(2)11(9-14-3)8-12-10-5-6-10/h1,10-12H,5-9H2,2-3H3. The van der Waals surface area contributed by atoms with Crippen molar-refractivity contribution in [3.63, 3.8) is 0 Å². The number of ether oxygens (including phenoxy) is 1. The van der Waals surface area contributed by atoms with Crippen molar-refractivity contribution < 1.29 is 4.74 Å². The molecule has 0 bridgehead atoms. The lowest BCUT2D eigenvalue weighted by atomic mass is 10.2. The fraction of sp³-hybridized carbons (Fsp3) is 0.818. The summed E-state index contributed by atoms with van der Waals surface area (Å²) in [6.07, 6.45) is 7.91. The molecule has 1 rings (SSSR count). The molecule has 14 heavy (non-hydrogen) atoms. The number of hydrogen-bond donors (Lipinski definition) is 1. The zero-order valence-electron chi connectivity index (χ0n) is 9.12. The van der Waals surface area contributed by atoms with Gasteiger partial charge in [-0.05, 0) is 19.9 Å². The lowest BCUT2D eigenvalue weighted by molar-refractivity contribution is 0.112. The first kappa shape index (κ1) is 11.5. The number of nitrogens with zero attached hydrogens (tertiary/aromatic N) is 1. The van der Waals surface area contributed by atoms with Crippen LogP contribution in [0.2, 0.25) is 0 Å². The van der Waals surface area contributed by atoms with E-state index in [2.05, 4.69) is 16.1 Å². The van der Waals surface area contributed by atoms with Crippen LogP contribution in [0.25, 0.3) is 0 Å². The van der Waals surface area contributed by atoms with E-state index in [-0.39, 0.29) is 0 Å². The summed E-state index contributed by atoms with van der Waals surface area (Å²) in [7, 11) is 3.77. The molecule has 0 aromatic heterocycles. The number of hydrogen-bond acceptors (Lipinski definition) is 3. The zero-order valence-corrected chi connectivity index (χ0v) is 9.12. The number of rotatable bonds is 7. The van der Waals surface area contributed by atoms with Crippen LogP contribution in [-0.2, 0) is 4.74 Å². The predicted octanol–water partition coefficient (Wildman–Crippen LogP) is 0.318. The largest absolute Gasteiger partial charge is 0.383 e. The highest BCUT2D eigenvalue weighted by Crippen LogP contribution is 2.18. The molecule has 0 spiro atoms. The van der Waals surface area contributed by atoms with Gasteiger partial charge in [-0.2, -0.15) is 0 Å². The van der Waals surface area contributed by atoms with E-state index in [4.69, 9.17) is 11.2 Å². The second-order valence-electron chi connectivity index (χ2n) is 3.91. The Kier molecular flexibility index (Phi) is 4.95. The fourth-order valence-corrected chi connectivity index (χ4v) is 1.40. The maximum absolute atomic E-state index is 5.28. The Morgan fingerprint density at radius 1 is 1.64 bits per heavy atom. The summed E-state index contributed by atoms with van der Waals surface area (Å²) in [5.74, 6) is 2.65. The molecule has 0 saturated heterocycles. The first-order valence-corrected chi connectivity index (χ1v) is 5.14. The maximum atomic E-state index is 5.28. The summed E-state index contributed by atoms with van der Waals surface area (Å²) in [6, 6.07) is 1.13. The van der Waals surface area contributed by atoms with Crippen molar-refractivity contribution in [1.82, 2.24) is 10.2 Å². The maximum Gasteiger partial charge on any atom is 0.0630 e. The molecule has 80 valence electrons. The van der Waals surface area contributed by atoms with Gasteiger partial charge in [0.2, 0.25) is 0 Å². The normalized spacial score (nSPS) is 18.1. The van der Waals surface area contributed by atoms with Crippen molar-refractivity contribution in [3.05, 3.63) is 0 Å². The van der Waals surface area contributed by atoms with Gasteiger partial charge in [0.1, 0.15) is 0 Å². The Bertz CT molecular complexity index is 196. The van der Waals surface area contributed by atoms with Crippen molar-refractivity contribution in [2.24, 2.45) is 0 Å². The van der Waals surface area contributed by atoms with Crippen molar-refractivity contribution in [2.75, 3.05) is 33.9 Å². The Labute approximate surface area is 86.8 Å². The average Bonchev–Trinajstić information content (AvgIpc) is 2.96. The lowest BCUT2D eigenvalue weighted by Gasteiger charge is -2.26. The average molecular weight is 196 g/mol. The highest BCUT2D eigenvalue weighted by atomic mass is 16.5. The summed E-state index contributed by atoms with van der Waals surface area (Å²) in [5.41, 5.74) is 0. The van der Waals surface area contributed by atoms with Gasteiger partial charge in [0, 0.05) is 25.7 Å². The van der Waals surface area contributed by atoms with E-state index in [1.54, 1.807) is 7.11 Å². The van der Waals surface area contributed by atoms with Crippen molar-refractivity contribution >= 4 is 0 Å². The molecule has 1 aliphatic rings. The Hall–Kier alpha value is -0.560. The van der Waals surface area contributed by atoms with Gasteiger partial charge in [-0.25, -0.2) is 0 Å². The van der Waals surface area contributed by atoms with Crippen LogP contribution in [0.15, 0.2) is 0 Å². The van der Waals surface area contributed by atoms with Crippen LogP contribution in [0, 0.1) is 12.3 Å². The van der Waals surface area contributed by atoms with E-state index in [0.29, 0.717) is 12.6 Å². The summed E-state index contributed by atoms with van der Waals surface area (Å²) in [4.78, 5) is 2.15. The number of likely N-dealkylation sites (N-methyl/N-ethyl adjacent to an activating group) is 1. The fourth-order valence-electron chi connectivity index (χ4n) is 1.40. The minimum Gasteiger partial charge on any atom is -0.383 e. The molecule has 3 heteroatoms. The molecule has 1 N–H and O–H groups in total. The first-order chi connectivity index (χ1) is 6.77. The van der Waals surface area contributed by atoms with E-state index in [1.807, 2.05) is 7.05 Å². The van der Waals surface area contributed by atoms with E-state index in [1.165, 1.54) is 12.8 Å². The summed E-state index contributed by atoms with van der Waals surface area (Å²) in [5, 5.41) is 3.49. The van der Waals surface area contributed by atoms with Crippen LogP contribution < -0.4 is 5.32 Å². The molecule has 1 aliphatic carbocycles. The molecule has 0 aliphatic heterocycles. The van der Waals surface area contributed by atoms with E-state index >= 15 is 0 Å². The topological polar surface area (TPSA) is 24.5 Å². The molecule has 1 atom stereocenters. The second-order valence-corrected chi connectivity index (χ2v) is 3.91. The van der Waals surface area contributed by atoms with Crippen LogP contribution >= 0.6 is 0 Å². The molecule has 1 unspecified atom stereocenters. The molecule has 0 aromatic carbocycles. The Morgan fingerprint density at radius 3 is 2.86 bits per heavy atom. The second kappa shape index (κ2) is 6.02. The van der Waals surface area contributed by atoms with Gasteiger partial charge in [-0.15, -0.1) is 6.42 Å². The summed E-state index contributed by atoms with van der Waals surface area (Å²) >= 11 is 0. The van der Waals surface area contributed by atoms with Crippen LogP contribution in [0.3, 0.4) is 0 Å². The third kappa shape index (κ3) is 4.10. The van der Waals surface area contributed by atoms with Crippen molar-refractivity contribution in [2.45, 2.75) is 24.9 Å². The van der Waals surface area contributed by atoms with Gasteiger partial charge in [0.15, 0.2) is 0 Å². The van der Waals surface area contributed by atoms with E-state index < -0.39 is 0 Å². The van der Waals surface area contributed by atoms with Crippen LogP contribution in [-0.4, -0.2) is 50.8 Å². The van der Waals surface area contributed by atoms with Gasteiger partial charge in [0.05, 0.1) is 13.2 Å². The Balaban J connectivity index is 2.24. The molecule has 0 amide bonds. The molecule has 1 fully saturated rings. The smallest absolute Gasteiger partial charge is 0.0630 e. The van der Waals surface area contributed by atoms with Gasteiger partial charge >= 0.3 is 0 Å². The molecule has 0 aromatic rings. The first-order valence-electron chi connectivity index (χ1n) is 5.14. The molecule has 1 saturated carbocycles. The molecular formula is C11H20N2O. The minimum absolute atomic E-state index is 0.386. The molecule has 0 heterocycles. The third-order valence-electron chi connectivity index (χ3n) is 2.54. The zero-order chi connectivity index (χ0) is 10.4. The van der Waals surface area contributed by atoms with Crippen LogP contribution in [0.5, 0.6) is 0 Å². The molecular weight excluding hydrogens is 176 g/mol. The van der Waals surface area contributed by atoms with Gasteiger partial charge in [0.25, 0.3) is 0 Å². The van der Waals surface area contributed by atoms with Crippen LogP contribution in [0.4, 0.5) is 0 Å². The quantitative estimate of drug-likeness (QED) is 0.593. The third-order valence-corrected chi connectivity index (χ3v) is 2.54. The lowest BCUT2D eigenvalue weighted by Crippen LogP contribution is -2.43. The number of terminal acetylenes is 1. The summed E-state index contributed by atoms with van der Waals surface area (Å²) < 4.78 is 5.17. The Morgan fingerprint density at radius 2 is 2.36 bits per heavy atom. The molecule has 3 nitrogen and oxygen atoms in total. The predicted molar refractivity (Wildman–Crippen MR) is 58.2 cm³/mol.